The van der Waals surface area contributed by atoms with Crippen LogP contribution in [0.2, 0.25) is 0 Å². The molecule has 1 saturated heterocycles. The first-order chi connectivity index (χ1) is 16.9. The molecule has 8 nitrogen and oxygen atoms in total. The summed E-state index contributed by atoms with van der Waals surface area (Å²) >= 11 is 6.90. The monoisotopic (exact) mass is 514 g/mol. The molecule has 3 rings (SSSR count). The molecule has 0 unspecified atom stereocenters. The number of benzene rings is 2. The van der Waals surface area contributed by atoms with E-state index in [1.54, 1.807) is 6.07 Å². The van der Waals surface area contributed by atoms with Gasteiger partial charge < -0.3 is 26.4 Å². The van der Waals surface area contributed by atoms with Gasteiger partial charge >= 0.3 is 5.97 Å². The molecule has 0 bridgehead atoms. The van der Waals surface area contributed by atoms with E-state index in [2.05, 4.69) is 21.3 Å². The molecule has 10 heteroatoms. The summed E-state index contributed by atoms with van der Waals surface area (Å²) in [6.07, 6.45) is 3.58. The number of hydrogen-bond acceptors (Lipinski definition) is 5. The van der Waals surface area contributed by atoms with E-state index in [9.17, 15) is 19.5 Å². The average molecular weight is 515 g/mol. The molecule has 2 aromatic rings. The highest BCUT2D eigenvalue weighted by atomic mass is 32.2. The summed E-state index contributed by atoms with van der Waals surface area (Å²) in [5.74, 6) is -0.776. The summed E-state index contributed by atoms with van der Waals surface area (Å²) in [6.45, 7) is 1.00. The topological polar surface area (TPSA) is 120 Å². The Balaban J connectivity index is 1.70. The number of carboxylic acids is 1. The number of thioether (sulfide) groups is 1. The zero-order valence-corrected chi connectivity index (χ0v) is 21.1. The van der Waals surface area contributed by atoms with E-state index in [0.717, 1.165) is 17.5 Å². The van der Waals surface area contributed by atoms with Crippen molar-refractivity contribution in [2.45, 2.75) is 37.9 Å². The van der Waals surface area contributed by atoms with Crippen molar-refractivity contribution < 1.29 is 19.5 Å². The zero-order valence-electron chi connectivity index (χ0n) is 19.5. The molecule has 0 aromatic heterocycles. The second-order valence-electron chi connectivity index (χ2n) is 8.26. The average Bonchev–Trinajstić information content (AvgIpc) is 3.29. The second kappa shape index (κ2) is 13.1. The number of amides is 2. The molecule has 5 N–H and O–H groups in total. The molecule has 1 aliphatic rings. The standard InChI is InChI=1S/C25H30N4O4S2/c1-35-12-11-21(24(32)33)29-23(31)19-9-7-16(13-20(19)17-5-3-2-4-6-17)14-26-25(34)27-15-18-8-10-22(30)28-18/h2-7,9,13,18,21H,8,10-12,14-15H2,1H3,(H,28,30)(H,29,31)(H,32,33)(H2,26,27,34)/t18-,21-/m0/s1. The Morgan fingerprint density at radius 1 is 1.20 bits per heavy atom. The number of carboxylic acid groups (broad SMARTS) is 1. The quantitative estimate of drug-likeness (QED) is 0.290. The van der Waals surface area contributed by atoms with Gasteiger partial charge in [0, 0.05) is 31.1 Å². The molecule has 1 heterocycles. The van der Waals surface area contributed by atoms with Gasteiger partial charge in [-0.2, -0.15) is 11.8 Å². The summed E-state index contributed by atoms with van der Waals surface area (Å²) in [5, 5.41) is 21.8. The predicted molar refractivity (Wildman–Crippen MR) is 142 cm³/mol. The number of carbonyl (C=O) groups excluding carboxylic acids is 2. The summed E-state index contributed by atoms with van der Waals surface area (Å²) in [4.78, 5) is 36.0. The fraction of sp³-hybridized carbons (Fsp3) is 0.360. The van der Waals surface area contributed by atoms with Crippen molar-refractivity contribution in [3.63, 3.8) is 0 Å². The van der Waals surface area contributed by atoms with Crippen molar-refractivity contribution in [2.75, 3.05) is 18.6 Å². The van der Waals surface area contributed by atoms with Crippen molar-refractivity contribution in [3.05, 3.63) is 59.7 Å². The van der Waals surface area contributed by atoms with E-state index in [1.807, 2.05) is 48.7 Å². The molecular formula is C25H30N4O4S2. The highest BCUT2D eigenvalue weighted by Gasteiger charge is 2.23. The van der Waals surface area contributed by atoms with Crippen LogP contribution < -0.4 is 21.3 Å². The molecule has 0 aliphatic carbocycles. The first kappa shape index (κ1) is 26.5. The van der Waals surface area contributed by atoms with Crippen LogP contribution in [0.15, 0.2) is 48.5 Å². The molecule has 2 atom stereocenters. The molecule has 0 spiro atoms. The van der Waals surface area contributed by atoms with Gasteiger partial charge in [-0.25, -0.2) is 4.79 Å². The predicted octanol–water partition coefficient (Wildman–Crippen LogP) is 2.53. The Hall–Kier alpha value is -3.11. The number of nitrogens with one attached hydrogen (secondary N) is 4. The molecule has 1 fully saturated rings. The molecule has 2 amide bonds. The van der Waals surface area contributed by atoms with Crippen molar-refractivity contribution in [2.24, 2.45) is 0 Å². The van der Waals surface area contributed by atoms with Gasteiger partial charge in [-0.05, 0) is 65.9 Å². The van der Waals surface area contributed by atoms with Crippen LogP contribution in [0.1, 0.15) is 35.2 Å². The number of thiocarbonyl (C=S) groups is 1. The van der Waals surface area contributed by atoms with Crippen LogP contribution in [0.3, 0.4) is 0 Å². The van der Waals surface area contributed by atoms with Crippen molar-refractivity contribution >= 4 is 46.9 Å². The third kappa shape index (κ3) is 7.97. The summed E-state index contributed by atoms with van der Waals surface area (Å²) in [6, 6.07) is 14.1. The van der Waals surface area contributed by atoms with Crippen LogP contribution in [-0.2, 0) is 16.1 Å². The zero-order chi connectivity index (χ0) is 25.2. The summed E-state index contributed by atoms with van der Waals surface area (Å²) in [7, 11) is 0. The van der Waals surface area contributed by atoms with E-state index < -0.39 is 17.9 Å². The van der Waals surface area contributed by atoms with E-state index in [0.29, 0.717) is 47.9 Å². The minimum atomic E-state index is -1.05. The van der Waals surface area contributed by atoms with Gasteiger partial charge in [0.15, 0.2) is 5.11 Å². The van der Waals surface area contributed by atoms with Crippen LogP contribution in [0, 0.1) is 0 Å². The number of rotatable bonds is 11. The Bertz CT molecular complexity index is 1060. The maximum atomic E-state index is 13.1. The van der Waals surface area contributed by atoms with Gasteiger partial charge in [0.25, 0.3) is 5.91 Å². The maximum absolute atomic E-state index is 13.1. The number of carbonyl (C=O) groups is 3. The minimum Gasteiger partial charge on any atom is -0.480 e. The van der Waals surface area contributed by atoms with E-state index in [4.69, 9.17) is 12.2 Å². The van der Waals surface area contributed by atoms with Crippen LogP contribution in [-0.4, -0.2) is 58.6 Å². The molecule has 35 heavy (non-hydrogen) atoms. The minimum absolute atomic E-state index is 0.0622. The van der Waals surface area contributed by atoms with Crippen LogP contribution in [0.4, 0.5) is 0 Å². The highest BCUT2D eigenvalue weighted by Crippen LogP contribution is 2.25. The molecule has 0 radical (unpaired) electrons. The van der Waals surface area contributed by atoms with E-state index in [-0.39, 0.29) is 11.9 Å². The largest absolute Gasteiger partial charge is 0.480 e. The van der Waals surface area contributed by atoms with Gasteiger partial charge in [0.1, 0.15) is 6.04 Å². The Morgan fingerprint density at radius 3 is 2.63 bits per heavy atom. The van der Waals surface area contributed by atoms with Crippen LogP contribution in [0.25, 0.3) is 11.1 Å². The van der Waals surface area contributed by atoms with Crippen LogP contribution >= 0.6 is 24.0 Å². The van der Waals surface area contributed by atoms with Gasteiger partial charge in [0.2, 0.25) is 5.91 Å². The molecule has 0 saturated carbocycles. The summed E-state index contributed by atoms with van der Waals surface area (Å²) < 4.78 is 0. The third-order valence-electron chi connectivity index (χ3n) is 5.67. The lowest BCUT2D eigenvalue weighted by Crippen LogP contribution is -2.42. The Kier molecular flexibility index (Phi) is 9.92. The first-order valence-electron chi connectivity index (χ1n) is 11.4. The number of aliphatic carboxylic acids is 1. The number of hydrogen-bond donors (Lipinski definition) is 5. The molecule has 1 aliphatic heterocycles. The van der Waals surface area contributed by atoms with Crippen LogP contribution in [0.5, 0.6) is 0 Å². The molecular weight excluding hydrogens is 484 g/mol. The maximum Gasteiger partial charge on any atom is 0.326 e. The lowest BCUT2D eigenvalue weighted by molar-refractivity contribution is -0.139. The van der Waals surface area contributed by atoms with Gasteiger partial charge in [-0.1, -0.05) is 36.4 Å². The third-order valence-corrected chi connectivity index (χ3v) is 6.61. The normalized spacial score (nSPS) is 15.7. The lowest BCUT2D eigenvalue weighted by atomic mass is 9.96. The van der Waals surface area contributed by atoms with Crippen molar-refractivity contribution in [1.29, 1.82) is 0 Å². The van der Waals surface area contributed by atoms with E-state index in [1.165, 1.54) is 11.8 Å². The van der Waals surface area contributed by atoms with Gasteiger partial charge in [-0.15, -0.1) is 0 Å². The van der Waals surface area contributed by atoms with E-state index >= 15 is 0 Å². The smallest absolute Gasteiger partial charge is 0.326 e. The second-order valence-corrected chi connectivity index (χ2v) is 9.65. The molecule has 186 valence electrons. The fourth-order valence-electron chi connectivity index (χ4n) is 3.78. The van der Waals surface area contributed by atoms with Crippen molar-refractivity contribution in [1.82, 2.24) is 21.3 Å². The Labute approximate surface area is 214 Å². The van der Waals surface area contributed by atoms with Gasteiger partial charge in [-0.3, -0.25) is 9.59 Å². The lowest BCUT2D eigenvalue weighted by Gasteiger charge is -2.17. The Morgan fingerprint density at radius 2 is 1.97 bits per heavy atom. The summed E-state index contributed by atoms with van der Waals surface area (Å²) in [5.41, 5.74) is 2.89. The molecule has 2 aromatic carbocycles. The first-order valence-corrected chi connectivity index (χ1v) is 13.2. The fourth-order valence-corrected chi connectivity index (χ4v) is 4.40. The van der Waals surface area contributed by atoms with Crippen molar-refractivity contribution in [3.8, 4) is 11.1 Å². The highest BCUT2D eigenvalue weighted by molar-refractivity contribution is 7.98. The van der Waals surface area contributed by atoms with Gasteiger partial charge in [0.05, 0.1) is 0 Å². The SMILES string of the molecule is CSCC[C@H](NC(=O)c1ccc(CNC(=S)NC[C@@H]2CCC(=O)N2)cc1-c1ccccc1)C(=O)O.